The van der Waals surface area contributed by atoms with E-state index in [2.05, 4.69) is 20.3 Å². The number of likely N-dealkylation sites (N-methyl/N-ethyl adjacent to an activating group) is 1. The fourth-order valence-electron chi connectivity index (χ4n) is 3.17. The molecular formula is C20H19N7O2. The van der Waals surface area contributed by atoms with E-state index in [0.717, 1.165) is 5.69 Å². The number of aromatic nitrogens is 4. The minimum absolute atomic E-state index is 0.0369. The lowest BCUT2D eigenvalue weighted by Crippen LogP contribution is -2.43. The van der Waals surface area contributed by atoms with Crippen molar-refractivity contribution in [3.63, 3.8) is 0 Å². The van der Waals surface area contributed by atoms with Gasteiger partial charge in [-0.25, -0.2) is 15.0 Å². The Hall–Kier alpha value is -3.88. The van der Waals surface area contributed by atoms with Crippen molar-refractivity contribution in [3.05, 3.63) is 54.1 Å². The molecule has 4 heterocycles. The average molecular weight is 389 g/mol. The van der Waals surface area contributed by atoms with Gasteiger partial charge in [-0.2, -0.15) is 0 Å². The largest absolute Gasteiger partial charge is 0.355 e. The highest BCUT2D eigenvalue weighted by molar-refractivity contribution is 6.07. The van der Waals surface area contributed by atoms with Crippen molar-refractivity contribution in [2.45, 2.75) is 6.92 Å². The summed E-state index contributed by atoms with van der Waals surface area (Å²) < 4.78 is 0. The number of pyridine rings is 2. The Kier molecular flexibility index (Phi) is 4.63. The predicted molar refractivity (Wildman–Crippen MR) is 108 cm³/mol. The van der Waals surface area contributed by atoms with E-state index in [4.69, 9.17) is 4.98 Å². The van der Waals surface area contributed by atoms with Crippen LogP contribution < -0.4 is 15.1 Å². The Morgan fingerprint density at radius 1 is 1.14 bits per heavy atom. The fraction of sp³-hybridized carbons (Fsp3) is 0.200. The summed E-state index contributed by atoms with van der Waals surface area (Å²) in [5, 5.41) is 2.60. The minimum Gasteiger partial charge on any atom is -0.355 e. The van der Waals surface area contributed by atoms with E-state index in [9.17, 15) is 9.59 Å². The quantitative estimate of drug-likeness (QED) is 0.727. The lowest BCUT2D eigenvalue weighted by atomic mass is 10.1. The number of anilines is 3. The van der Waals surface area contributed by atoms with Gasteiger partial charge < -0.3 is 15.1 Å². The number of carbonyl (C=O) groups is 2. The van der Waals surface area contributed by atoms with Crippen molar-refractivity contribution in [2.75, 3.05) is 30.4 Å². The molecule has 0 aromatic carbocycles. The Morgan fingerprint density at radius 3 is 2.72 bits per heavy atom. The fourth-order valence-corrected chi connectivity index (χ4v) is 3.17. The van der Waals surface area contributed by atoms with Crippen LogP contribution in [0.2, 0.25) is 0 Å². The van der Waals surface area contributed by atoms with Gasteiger partial charge in [-0.05, 0) is 25.1 Å². The molecule has 29 heavy (non-hydrogen) atoms. The molecule has 0 radical (unpaired) electrons. The van der Waals surface area contributed by atoms with E-state index in [-0.39, 0.29) is 18.4 Å². The summed E-state index contributed by atoms with van der Waals surface area (Å²) in [5.74, 6) is 0.533. The molecule has 1 aliphatic heterocycles. The third-order valence-electron chi connectivity index (χ3n) is 4.71. The summed E-state index contributed by atoms with van der Waals surface area (Å²) in [6, 6.07) is 7.31. The maximum Gasteiger partial charge on any atom is 0.254 e. The zero-order valence-electron chi connectivity index (χ0n) is 16.2. The van der Waals surface area contributed by atoms with Gasteiger partial charge in [-0.3, -0.25) is 14.6 Å². The molecule has 146 valence electrons. The molecule has 1 N–H and O–H groups in total. The summed E-state index contributed by atoms with van der Waals surface area (Å²) in [5.41, 5.74) is 2.94. The average Bonchev–Trinajstić information content (AvgIpc) is 2.75. The molecule has 0 atom stereocenters. The van der Waals surface area contributed by atoms with E-state index < -0.39 is 0 Å². The Labute approximate surface area is 167 Å². The lowest BCUT2D eigenvalue weighted by Gasteiger charge is -2.34. The molecule has 3 aromatic heterocycles. The van der Waals surface area contributed by atoms with E-state index in [1.807, 2.05) is 25.1 Å². The van der Waals surface area contributed by atoms with Crippen molar-refractivity contribution >= 4 is 29.0 Å². The Bertz CT molecular complexity index is 1120. The van der Waals surface area contributed by atoms with Crippen LogP contribution in [0, 0.1) is 6.92 Å². The SMILES string of the molecule is CNC(=O)c1cnccc1N1CC(=O)N(C)c2cnc(-c3cccc(C)n3)nc21. The highest BCUT2D eigenvalue weighted by Gasteiger charge is 2.32. The first-order valence-corrected chi connectivity index (χ1v) is 9.01. The van der Waals surface area contributed by atoms with E-state index in [0.29, 0.717) is 34.3 Å². The number of rotatable bonds is 3. The van der Waals surface area contributed by atoms with Gasteiger partial charge in [0, 0.05) is 32.2 Å². The maximum atomic E-state index is 12.6. The first kappa shape index (κ1) is 18.5. The number of hydrogen-bond acceptors (Lipinski definition) is 7. The zero-order chi connectivity index (χ0) is 20.5. The summed E-state index contributed by atoms with van der Waals surface area (Å²) in [4.78, 5) is 45.8. The molecular weight excluding hydrogens is 370 g/mol. The number of nitrogens with one attached hydrogen (secondary N) is 1. The van der Waals surface area contributed by atoms with Gasteiger partial charge in [-0.1, -0.05) is 6.07 Å². The minimum atomic E-state index is -0.296. The van der Waals surface area contributed by atoms with Crippen molar-refractivity contribution in [3.8, 4) is 11.5 Å². The van der Waals surface area contributed by atoms with Crippen LogP contribution in [0.1, 0.15) is 16.1 Å². The van der Waals surface area contributed by atoms with Gasteiger partial charge in [0.15, 0.2) is 11.6 Å². The molecule has 0 saturated heterocycles. The van der Waals surface area contributed by atoms with Gasteiger partial charge in [0.1, 0.15) is 17.9 Å². The molecule has 0 unspecified atom stereocenters. The normalized spacial score (nSPS) is 13.3. The molecule has 4 rings (SSSR count). The number of hydrogen-bond donors (Lipinski definition) is 1. The lowest BCUT2D eigenvalue weighted by molar-refractivity contribution is -0.117. The molecule has 2 amide bonds. The number of fused-ring (bicyclic) bond motifs is 1. The maximum absolute atomic E-state index is 12.6. The summed E-state index contributed by atoms with van der Waals surface area (Å²) >= 11 is 0. The van der Waals surface area contributed by atoms with Crippen LogP contribution in [-0.2, 0) is 4.79 Å². The first-order valence-electron chi connectivity index (χ1n) is 9.01. The topological polar surface area (TPSA) is 104 Å². The number of aryl methyl sites for hydroxylation is 1. The van der Waals surface area contributed by atoms with Crippen LogP contribution in [0.4, 0.5) is 17.2 Å². The molecule has 0 bridgehead atoms. The van der Waals surface area contributed by atoms with Crippen LogP contribution in [0.5, 0.6) is 0 Å². The Morgan fingerprint density at radius 2 is 1.97 bits per heavy atom. The van der Waals surface area contributed by atoms with Crippen LogP contribution in [0.15, 0.2) is 42.9 Å². The summed E-state index contributed by atoms with van der Waals surface area (Å²) in [6.07, 6.45) is 4.65. The number of amides is 2. The van der Waals surface area contributed by atoms with E-state index in [1.54, 1.807) is 37.5 Å². The smallest absolute Gasteiger partial charge is 0.254 e. The molecule has 0 fully saturated rings. The third-order valence-corrected chi connectivity index (χ3v) is 4.71. The molecule has 0 spiro atoms. The summed E-state index contributed by atoms with van der Waals surface area (Å²) in [7, 11) is 3.23. The standard InChI is InChI=1S/C20H19N7O2/c1-12-5-4-6-14(24-12)18-23-10-16-19(25-18)27(11-17(28)26(16)3)15-7-8-22-9-13(15)20(29)21-2/h4-10H,11H2,1-3H3,(H,21,29). The number of nitrogens with zero attached hydrogens (tertiary/aromatic N) is 6. The van der Waals surface area contributed by atoms with Gasteiger partial charge in [0.2, 0.25) is 5.91 Å². The molecule has 3 aromatic rings. The second kappa shape index (κ2) is 7.27. The summed E-state index contributed by atoms with van der Waals surface area (Å²) in [6.45, 7) is 1.93. The van der Waals surface area contributed by atoms with Crippen molar-refractivity contribution in [2.24, 2.45) is 0 Å². The van der Waals surface area contributed by atoms with Gasteiger partial charge >= 0.3 is 0 Å². The van der Waals surface area contributed by atoms with Crippen LogP contribution in [0.3, 0.4) is 0 Å². The molecule has 9 heteroatoms. The van der Waals surface area contributed by atoms with Crippen LogP contribution in [-0.4, -0.2) is 52.4 Å². The van der Waals surface area contributed by atoms with Crippen LogP contribution >= 0.6 is 0 Å². The highest BCUT2D eigenvalue weighted by atomic mass is 16.2. The monoisotopic (exact) mass is 389 g/mol. The second-order valence-corrected chi connectivity index (χ2v) is 6.58. The molecule has 1 aliphatic rings. The zero-order valence-corrected chi connectivity index (χ0v) is 16.2. The van der Waals surface area contributed by atoms with Gasteiger partial charge in [-0.15, -0.1) is 0 Å². The van der Waals surface area contributed by atoms with E-state index >= 15 is 0 Å². The van der Waals surface area contributed by atoms with E-state index in [1.165, 1.54) is 11.1 Å². The van der Waals surface area contributed by atoms with Crippen molar-refractivity contribution in [1.82, 2.24) is 25.3 Å². The highest BCUT2D eigenvalue weighted by Crippen LogP contribution is 2.37. The van der Waals surface area contributed by atoms with Gasteiger partial charge in [0.25, 0.3) is 5.91 Å². The van der Waals surface area contributed by atoms with Gasteiger partial charge in [0.05, 0.1) is 17.4 Å². The number of carbonyl (C=O) groups excluding carboxylic acids is 2. The van der Waals surface area contributed by atoms with Crippen LogP contribution in [0.25, 0.3) is 11.5 Å². The molecule has 9 nitrogen and oxygen atoms in total. The predicted octanol–water partition coefficient (Wildman–Crippen LogP) is 1.72. The second-order valence-electron chi connectivity index (χ2n) is 6.58. The van der Waals surface area contributed by atoms with Crippen molar-refractivity contribution < 1.29 is 9.59 Å². The Balaban J connectivity index is 1.89. The van der Waals surface area contributed by atoms with Crippen molar-refractivity contribution in [1.29, 1.82) is 0 Å². The molecule has 0 saturated carbocycles. The molecule has 0 aliphatic carbocycles. The first-order chi connectivity index (χ1) is 14.0. The third kappa shape index (κ3) is 3.27.